The number of hydrogen-bond acceptors (Lipinski definition) is 5. The SMILES string of the molecule is Cc1noc(C)c1-c1cc(-c2c(OCC(F)(F)F)ccc3ncccc23)c2[nH]c(=O)[nH]c2c1. The normalized spacial score (nSPS) is 12.0. The molecule has 5 rings (SSSR count). The number of imidazole rings is 1. The Morgan fingerprint density at radius 2 is 1.91 bits per heavy atom. The Morgan fingerprint density at radius 1 is 1.09 bits per heavy atom. The van der Waals surface area contributed by atoms with Gasteiger partial charge in [-0.2, -0.15) is 13.2 Å². The second-order valence-electron chi connectivity index (χ2n) is 7.64. The Bertz CT molecular complexity index is 1540. The van der Waals surface area contributed by atoms with Gasteiger partial charge in [0.15, 0.2) is 6.61 Å². The number of aromatic amines is 2. The molecule has 0 saturated heterocycles. The molecule has 2 aromatic carbocycles. The standard InChI is InChI=1S/C23H17F3N4O3/c1-11-19(12(2)33-30-11)13-8-15(21-17(9-13)28-22(31)29-21)20-14-4-3-7-27-16(14)5-6-18(20)32-10-23(24,25)26/h3-9H,10H2,1-2H3,(H2,28,29,31). The predicted octanol–water partition coefficient (Wildman–Crippen LogP) is 5.28. The van der Waals surface area contributed by atoms with Crippen LogP contribution in [0, 0.1) is 13.8 Å². The van der Waals surface area contributed by atoms with Crippen molar-refractivity contribution < 1.29 is 22.4 Å². The summed E-state index contributed by atoms with van der Waals surface area (Å²) in [5, 5.41) is 4.57. The molecule has 0 aliphatic carbocycles. The first kappa shape index (κ1) is 20.8. The van der Waals surface area contributed by atoms with Crippen LogP contribution in [0.25, 0.3) is 44.2 Å². The van der Waals surface area contributed by atoms with Gasteiger partial charge in [-0.3, -0.25) is 4.98 Å². The van der Waals surface area contributed by atoms with Gasteiger partial charge in [-0.15, -0.1) is 0 Å². The van der Waals surface area contributed by atoms with Gasteiger partial charge >= 0.3 is 11.9 Å². The Balaban J connectivity index is 1.85. The first-order valence-corrected chi connectivity index (χ1v) is 9.98. The third kappa shape index (κ3) is 3.73. The molecule has 0 spiro atoms. The zero-order valence-electron chi connectivity index (χ0n) is 17.5. The molecule has 0 bridgehead atoms. The maximum Gasteiger partial charge on any atom is 0.422 e. The van der Waals surface area contributed by atoms with Crippen molar-refractivity contribution >= 4 is 21.9 Å². The molecule has 0 saturated carbocycles. The first-order chi connectivity index (χ1) is 15.7. The summed E-state index contributed by atoms with van der Waals surface area (Å²) in [5.41, 5.74) is 3.97. The van der Waals surface area contributed by atoms with Gasteiger partial charge in [-0.05, 0) is 49.7 Å². The van der Waals surface area contributed by atoms with E-state index in [1.807, 2.05) is 0 Å². The Hall–Kier alpha value is -4.08. The van der Waals surface area contributed by atoms with E-state index in [-0.39, 0.29) is 5.75 Å². The number of benzene rings is 2. The summed E-state index contributed by atoms with van der Waals surface area (Å²) in [7, 11) is 0. The molecule has 2 N–H and O–H groups in total. The van der Waals surface area contributed by atoms with Crippen molar-refractivity contribution in [3.05, 3.63) is 64.5 Å². The lowest BCUT2D eigenvalue weighted by Gasteiger charge is -2.17. The van der Waals surface area contributed by atoms with Crippen molar-refractivity contribution in [2.45, 2.75) is 20.0 Å². The van der Waals surface area contributed by atoms with Crippen molar-refractivity contribution in [2.24, 2.45) is 0 Å². The van der Waals surface area contributed by atoms with E-state index >= 15 is 0 Å². The summed E-state index contributed by atoms with van der Waals surface area (Å²) in [6.07, 6.45) is -2.92. The highest BCUT2D eigenvalue weighted by molar-refractivity contribution is 6.06. The van der Waals surface area contributed by atoms with Crippen molar-refractivity contribution in [1.82, 2.24) is 20.1 Å². The summed E-state index contributed by atoms with van der Waals surface area (Å²) in [4.78, 5) is 22.0. The van der Waals surface area contributed by atoms with Crippen LogP contribution in [0.15, 0.2) is 51.9 Å². The number of rotatable bonds is 4. The van der Waals surface area contributed by atoms with E-state index in [4.69, 9.17) is 9.26 Å². The number of aromatic nitrogens is 4. The van der Waals surface area contributed by atoms with Crippen LogP contribution in [-0.4, -0.2) is 32.9 Å². The van der Waals surface area contributed by atoms with E-state index < -0.39 is 18.5 Å². The number of nitrogens with zero attached hydrogens (tertiary/aromatic N) is 2. The van der Waals surface area contributed by atoms with E-state index in [2.05, 4.69) is 20.1 Å². The van der Waals surface area contributed by atoms with Gasteiger partial charge < -0.3 is 19.2 Å². The minimum absolute atomic E-state index is 0.0205. The van der Waals surface area contributed by atoms with E-state index in [1.165, 1.54) is 6.07 Å². The second-order valence-corrected chi connectivity index (χ2v) is 7.64. The topological polar surface area (TPSA) is 96.8 Å². The molecule has 0 atom stereocenters. The number of H-pyrrole nitrogens is 2. The zero-order chi connectivity index (χ0) is 23.3. The van der Waals surface area contributed by atoms with Crippen LogP contribution in [0.4, 0.5) is 13.2 Å². The summed E-state index contributed by atoms with van der Waals surface area (Å²) in [6, 6.07) is 10.0. The number of fused-ring (bicyclic) bond motifs is 2. The van der Waals surface area contributed by atoms with Gasteiger partial charge in [0.1, 0.15) is 11.5 Å². The fourth-order valence-electron chi connectivity index (χ4n) is 4.07. The maximum atomic E-state index is 13.0. The smallest absolute Gasteiger partial charge is 0.422 e. The molecule has 3 aromatic heterocycles. The van der Waals surface area contributed by atoms with Crippen LogP contribution in [-0.2, 0) is 0 Å². The molecule has 0 unspecified atom stereocenters. The van der Waals surface area contributed by atoms with E-state index in [0.717, 1.165) is 5.56 Å². The van der Waals surface area contributed by atoms with Crippen molar-refractivity contribution in [2.75, 3.05) is 6.61 Å². The van der Waals surface area contributed by atoms with Crippen molar-refractivity contribution in [3.8, 4) is 28.0 Å². The molecule has 0 radical (unpaired) electrons. The summed E-state index contributed by atoms with van der Waals surface area (Å²) in [6.45, 7) is 2.09. The monoisotopic (exact) mass is 454 g/mol. The predicted molar refractivity (Wildman–Crippen MR) is 116 cm³/mol. The van der Waals surface area contributed by atoms with Crippen LogP contribution in [0.2, 0.25) is 0 Å². The van der Waals surface area contributed by atoms with Gasteiger partial charge in [-0.1, -0.05) is 11.2 Å². The lowest BCUT2D eigenvalue weighted by Crippen LogP contribution is -2.19. The Labute approximate surface area is 184 Å². The van der Waals surface area contributed by atoms with Crippen molar-refractivity contribution in [1.29, 1.82) is 0 Å². The first-order valence-electron chi connectivity index (χ1n) is 9.98. The van der Waals surface area contributed by atoms with Crippen molar-refractivity contribution in [3.63, 3.8) is 0 Å². The minimum Gasteiger partial charge on any atom is -0.483 e. The summed E-state index contributed by atoms with van der Waals surface area (Å²) >= 11 is 0. The lowest BCUT2D eigenvalue weighted by molar-refractivity contribution is -0.153. The largest absolute Gasteiger partial charge is 0.483 e. The number of nitrogens with one attached hydrogen (secondary N) is 2. The lowest BCUT2D eigenvalue weighted by atomic mass is 9.93. The average molecular weight is 454 g/mol. The highest BCUT2D eigenvalue weighted by Gasteiger charge is 2.29. The van der Waals surface area contributed by atoms with Crippen LogP contribution in [0.1, 0.15) is 11.5 Å². The molecule has 33 heavy (non-hydrogen) atoms. The molecule has 0 aliphatic heterocycles. The van der Waals surface area contributed by atoms with Crippen LogP contribution in [0.3, 0.4) is 0 Å². The fraction of sp³-hybridized carbons (Fsp3) is 0.174. The van der Waals surface area contributed by atoms with Crippen LogP contribution in [0.5, 0.6) is 5.75 Å². The molecular weight excluding hydrogens is 437 g/mol. The Morgan fingerprint density at radius 3 is 2.64 bits per heavy atom. The quantitative estimate of drug-likeness (QED) is 0.385. The molecule has 0 amide bonds. The van der Waals surface area contributed by atoms with E-state index in [1.54, 1.807) is 50.4 Å². The highest BCUT2D eigenvalue weighted by atomic mass is 19.4. The minimum atomic E-state index is -4.52. The molecule has 5 aromatic rings. The number of ether oxygens (including phenoxy) is 1. The number of hydrogen-bond donors (Lipinski definition) is 2. The number of pyridine rings is 1. The van der Waals surface area contributed by atoms with Crippen LogP contribution < -0.4 is 10.4 Å². The third-order valence-corrected chi connectivity index (χ3v) is 5.35. The molecule has 0 fully saturated rings. The fourth-order valence-corrected chi connectivity index (χ4v) is 4.07. The van der Waals surface area contributed by atoms with E-state index in [0.29, 0.717) is 50.1 Å². The van der Waals surface area contributed by atoms with Gasteiger partial charge in [0.25, 0.3) is 0 Å². The summed E-state index contributed by atoms with van der Waals surface area (Å²) in [5.74, 6) is 0.593. The average Bonchev–Trinajstić information content (AvgIpc) is 3.31. The molecule has 7 nitrogen and oxygen atoms in total. The Kier molecular flexibility index (Phi) is 4.73. The third-order valence-electron chi connectivity index (χ3n) is 5.35. The number of alkyl halides is 3. The molecule has 0 aliphatic rings. The second kappa shape index (κ2) is 7.51. The van der Waals surface area contributed by atoms with Gasteiger partial charge in [0, 0.05) is 28.3 Å². The molecule has 10 heteroatoms. The van der Waals surface area contributed by atoms with Crippen LogP contribution >= 0.6 is 0 Å². The molecule has 3 heterocycles. The molecule has 168 valence electrons. The number of halogens is 3. The van der Waals surface area contributed by atoms with E-state index in [9.17, 15) is 18.0 Å². The molecular formula is C23H17F3N4O3. The highest BCUT2D eigenvalue weighted by Crippen LogP contribution is 2.42. The van der Waals surface area contributed by atoms with Gasteiger partial charge in [0.2, 0.25) is 0 Å². The number of aryl methyl sites for hydroxylation is 2. The van der Waals surface area contributed by atoms with Gasteiger partial charge in [-0.25, -0.2) is 4.79 Å². The maximum absolute atomic E-state index is 13.0. The summed E-state index contributed by atoms with van der Waals surface area (Å²) < 4.78 is 49.4. The zero-order valence-corrected chi connectivity index (χ0v) is 17.5. The van der Waals surface area contributed by atoms with Gasteiger partial charge in [0.05, 0.1) is 22.2 Å².